The van der Waals surface area contributed by atoms with E-state index in [0.29, 0.717) is 11.1 Å². The zero-order valence-electron chi connectivity index (χ0n) is 23.4. The van der Waals surface area contributed by atoms with Crippen molar-refractivity contribution >= 4 is 49.3 Å². The van der Waals surface area contributed by atoms with Gasteiger partial charge in [-0.25, -0.2) is 22.2 Å². The van der Waals surface area contributed by atoms with Gasteiger partial charge in [0.25, 0.3) is 5.91 Å². The van der Waals surface area contributed by atoms with Crippen molar-refractivity contribution in [2.24, 2.45) is 0 Å². The molecule has 1 saturated heterocycles. The molecule has 1 heterocycles. The lowest BCUT2D eigenvalue weighted by Crippen LogP contribution is -2.30. The average Bonchev–Trinajstić information content (AvgIpc) is 3.26. The lowest BCUT2D eigenvalue weighted by atomic mass is 10.0. The first-order valence-corrected chi connectivity index (χ1v) is 16.4. The van der Waals surface area contributed by atoms with Gasteiger partial charge < -0.3 is 4.74 Å². The lowest BCUT2D eigenvalue weighted by molar-refractivity contribution is -0.117. The number of rotatable bonds is 10. The maximum absolute atomic E-state index is 13.0. The van der Waals surface area contributed by atoms with E-state index in [-0.39, 0.29) is 34.7 Å². The molecule has 5 rings (SSSR count). The van der Waals surface area contributed by atoms with Crippen molar-refractivity contribution < 1.29 is 36.0 Å². The number of carbonyl (C=O) groups excluding carboxylic acids is 3. The summed E-state index contributed by atoms with van der Waals surface area (Å²) in [4.78, 5) is 37.4. The second-order valence-corrected chi connectivity index (χ2v) is 13.4. The number of benzene rings is 4. The molecule has 0 aromatic heterocycles. The Hall–Kier alpha value is -5.01. The van der Waals surface area contributed by atoms with Crippen molar-refractivity contribution in [2.75, 3.05) is 21.3 Å². The average molecular weight is 634 g/mol. The van der Waals surface area contributed by atoms with Crippen LogP contribution < -0.4 is 18.5 Å². The van der Waals surface area contributed by atoms with Crippen molar-refractivity contribution in [3.8, 4) is 5.75 Å². The summed E-state index contributed by atoms with van der Waals surface area (Å²) in [5.74, 6) is -2.91. The normalized spacial score (nSPS) is 14.1. The van der Waals surface area contributed by atoms with E-state index in [2.05, 4.69) is 4.72 Å². The van der Waals surface area contributed by atoms with Crippen molar-refractivity contribution in [2.45, 2.75) is 13.3 Å². The maximum Gasteiger partial charge on any atom is 0.343 e. The van der Waals surface area contributed by atoms with Gasteiger partial charge in [0.2, 0.25) is 10.0 Å². The largest absolute Gasteiger partial charge is 0.421 e. The molecule has 0 atom stereocenters. The van der Waals surface area contributed by atoms with Crippen LogP contribution in [0.2, 0.25) is 0 Å². The minimum atomic E-state index is -4.21. The van der Waals surface area contributed by atoms with Crippen LogP contribution in [0.4, 0.5) is 11.4 Å². The molecule has 11 nitrogen and oxygen atoms in total. The predicted octanol–water partition coefficient (Wildman–Crippen LogP) is 3.61. The number of hydrogen-bond acceptors (Lipinski definition) is 8. The molecule has 0 spiro atoms. The number of nitrogens with one attached hydrogen (secondary N) is 2. The Bertz CT molecular complexity index is 1960. The molecule has 1 aliphatic heterocycles. The van der Waals surface area contributed by atoms with E-state index < -0.39 is 50.2 Å². The van der Waals surface area contributed by atoms with Crippen LogP contribution in [0.15, 0.2) is 97.1 Å². The Labute approximate surface area is 254 Å². The summed E-state index contributed by atoms with van der Waals surface area (Å²) < 4.78 is 62.0. The highest BCUT2D eigenvalue weighted by molar-refractivity contribution is 7.93. The highest BCUT2D eigenvalue weighted by atomic mass is 32.2. The zero-order valence-corrected chi connectivity index (χ0v) is 25.0. The van der Waals surface area contributed by atoms with Crippen LogP contribution in [0.5, 0.6) is 5.75 Å². The number of nitrogens with zero attached hydrogens (tertiary/aromatic N) is 1. The molecule has 226 valence electrons. The molecule has 2 N–H and O–H groups in total. The van der Waals surface area contributed by atoms with Crippen molar-refractivity contribution in [1.82, 2.24) is 4.72 Å². The standard InChI is InChI=1S/C31H27N3O8S2/c1-21-12-14-26(32-43(38,39)20-28(35)23-8-4-2-5-9-23)25(16-21)17-22-13-15-27(34-19-30(36)33-44(34,40)41)29(18-22)42-31(37)24-10-6-3-7-11-24/h2-16,18,32H,17,19-20H2,1H3,(H,33,36). The topological polar surface area (TPSA) is 156 Å². The third kappa shape index (κ3) is 7.13. The maximum atomic E-state index is 13.0. The molecule has 0 bridgehead atoms. The smallest absolute Gasteiger partial charge is 0.343 e. The van der Waals surface area contributed by atoms with Gasteiger partial charge >= 0.3 is 16.2 Å². The number of Topliss-reactive ketones (excluding diaryl/α,β-unsaturated/α-hetero) is 1. The Kier molecular flexibility index (Phi) is 8.52. The molecular formula is C31H27N3O8S2. The van der Waals surface area contributed by atoms with E-state index in [1.54, 1.807) is 72.8 Å². The molecule has 1 aliphatic rings. The van der Waals surface area contributed by atoms with Gasteiger partial charge in [-0.2, -0.15) is 8.42 Å². The molecule has 1 fully saturated rings. The first-order valence-electron chi connectivity index (χ1n) is 13.3. The highest BCUT2D eigenvalue weighted by Gasteiger charge is 2.36. The lowest BCUT2D eigenvalue weighted by Gasteiger charge is -2.20. The Morgan fingerprint density at radius 3 is 2.20 bits per heavy atom. The van der Waals surface area contributed by atoms with E-state index in [0.717, 1.165) is 9.87 Å². The van der Waals surface area contributed by atoms with Crippen LogP contribution in [0, 0.1) is 6.92 Å². The number of ether oxygens (including phenoxy) is 1. The molecule has 4 aromatic rings. The van der Waals surface area contributed by atoms with Crippen molar-refractivity contribution in [3.05, 3.63) is 125 Å². The van der Waals surface area contributed by atoms with Gasteiger partial charge in [0, 0.05) is 5.56 Å². The summed E-state index contributed by atoms with van der Waals surface area (Å²) in [6, 6.07) is 25.8. The Balaban J connectivity index is 1.46. The van der Waals surface area contributed by atoms with Gasteiger partial charge in [-0.1, -0.05) is 72.3 Å². The monoisotopic (exact) mass is 633 g/mol. The number of sulfonamides is 1. The highest BCUT2D eigenvalue weighted by Crippen LogP contribution is 2.34. The Morgan fingerprint density at radius 1 is 0.909 bits per heavy atom. The van der Waals surface area contributed by atoms with Crippen LogP contribution in [0.1, 0.15) is 37.4 Å². The minimum absolute atomic E-state index is 0.0269. The third-order valence-corrected chi connectivity index (χ3v) is 9.23. The van der Waals surface area contributed by atoms with E-state index >= 15 is 0 Å². The molecule has 0 unspecified atom stereocenters. The van der Waals surface area contributed by atoms with Gasteiger partial charge in [0.1, 0.15) is 12.3 Å². The molecule has 4 aromatic carbocycles. The Morgan fingerprint density at radius 2 is 1.57 bits per heavy atom. The second-order valence-electron chi connectivity index (χ2n) is 10.1. The third-order valence-electron chi connectivity index (χ3n) is 6.66. The van der Waals surface area contributed by atoms with E-state index in [9.17, 15) is 31.2 Å². The first kappa shape index (κ1) is 30.4. The van der Waals surface area contributed by atoms with Crippen molar-refractivity contribution in [1.29, 1.82) is 0 Å². The number of carbonyl (C=O) groups is 3. The molecule has 0 aliphatic carbocycles. The quantitative estimate of drug-likeness (QED) is 0.152. The summed E-state index contributed by atoms with van der Waals surface area (Å²) in [5, 5.41) is 0. The zero-order chi connectivity index (χ0) is 31.5. The summed E-state index contributed by atoms with van der Waals surface area (Å²) >= 11 is 0. The fourth-order valence-corrected chi connectivity index (χ4v) is 6.90. The summed E-state index contributed by atoms with van der Waals surface area (Å²) in [5.41, 5.74) is 2.66. The van der Waals surface area contributed by atoms with Gasteiger partial charge in [0.05, 0.1) is 16.9 Å². The molecule has 1 amide bonds. The van der Waals surface area contributed by atoms with E-state index in [1.807, 2.05) is 11.6 Å². The van der Waals surface area contributed by atoms with Gasteiger partial charge in [-0.15, -0.1) is 0 Å². The van der Waals surface area contributed by atoms with Crippen LogP contribution in [-0.4, -0.2) is 46.8 Å². The minimum Gasteiger partial charge on any atom is -0.421 e. The van der Waals surface area contributed by atoms with Gasteiger partial charge in [0.15, 0.2) is 11.5 Å². The predicted molar refractivity (Wildman–Crippen MR) is 164 cm³/mol. The number of hydrogen-bond donors (Lipinski definition) is 2. The van der Waals surface area contributed by atoms with Gasteiger partial charge in [-0.3, -0.25) is 14.3 Å². The molecule has 13 heteroatoms. The SMILES string of the molecule is Cc1ccc(NS(=O)(=O)CC(=O)c2ccccc2)c(Cc2ccc(N3CC(=O)NS3(=O)=O)c(OC(=O)c3ccccc3)c2)c1. The number of ketones is 1. The molecule has 0 radical (unpaired) electrons. The number of aryl methyl sites for hydroxylation is 1. The van der Waals surface area contributed by atoms with Crippen LogP contribution in [0.25, 0.3) is 0 Å². The van der Waals surface area contributed by atoms with E-state index in [1.165, 1.54) is 24.3 Å². The van der Waals surface area contributed by atoms with E-state index in [4.69, 9.17) is 4.74 Å². The fourth-order valence-electron chi connectivity index (χ4n) is 4.62. The summed E-state index contributed by atoms with van der Waals surface area (Å²) in [6.07, 6.45) is 0.145. The summed E-state index contributed by atoms with van der Waals surface area (Å²) in [7, 11) is -8.29. The number of esters is 1. The fraction of sp³-hybridized carbons (Fsp3) is 0.129. The van der Waals surface area contributed by atoms with Crippen LogP contribution in [-0.2, 0) is 31.4 Å². The molecular weight excluding hydrogens is 606 g/mol. The first-order chi connectivity index (χ1) is 20.9. The van der Waals surface area contributed by atoms with Crippen LogP contribution >= 0.6 is 0 Å². The molecule has 0 saturated carbocycles. The van der Waals surface area contributed by atoms with Crippen molar-refractivity contribution in [3.63, 3.8) is 0 Å². The summed E-state index contributed by atoms with van der Waals surface area (Å²) in [6.45, 7) is 1.34. The van der Waals surface area contributed by atoms with Crippen LogP contribution in [0.3, 0.4) is 0 Å². The molecule has 44 heavy (non-hydrogen) atoms. The van der Waals surface area contributed by atoms with Gasteiger partial charge in [-0.05, 0) is 54.8 Å². The number of anilines is 2. The number of amides is 1. The second kappa shape index (κ2) is 12.3.